The standard InChI is InChI=1S/C21H16BrNO2S/c1-26(24,25)23-21-18-11-5-4-10-17(18)20(22)13-19(21)16-12-6-8-14-7-2-3-9-15(14)16/h2-13,23H,1H3. The molecule has 4 rings (SSSR count). The Hall–Kier alpha value is -2.37. The van der Waals surface area contributed by atoms with Gasteiger partial charge in [0.1, 0.15) is 0 Å². The van der Waals surface area contributed by atoms with Gasteiger partial charge in [-0.3, -0.25) is 4.72 Å². The van der Waals surface area contributed by atoms with Gasteiger partial charge >= 0.3 is 0 Å². The first kappa shape index (κ1) is 17.1. The number of nitrogens with one attached hydrogen (secondary N) is 1. The van der Waals surface area contributed by atoms with E-state index < -0.39 is 10.0 Å². The average Bonchev–Trinajstić information content (AvgIpc) is 2.63. The highest BCUT2D eigenvalue weighted by molar-refractivity contribution is 9.10. The van der Waals surface area contributed by atoms with E-state index in [0.29, 0.717) is 5.69 Å². The van der Waals surface area contributed by atoms with E-state index in [4.69, 9.17) is 0 Å². The molecule has 130 valence electrons. The molecule has 0 saturated carbocycles. The molecule has 0 atom stereocenters. The van der Waals surface area contributed by atoms with Crippen LogP contribution in [0.4, 0.5) is 5.69 Å². The van der Waals surface area contributed by atoms with Crippen LogP contribution in [0.3, 0.4) is 0 Å². The monoisotopic (exact) mass is 425 g/mol. The molecule has 0 heterocycles. The number of halogens is 1. The van der Waals surface area contributed by atoms with Crippen LogP contribution in [0.5, 0.6) is 0 Å². The molecule has 0 fully saturated rings. The van der Waals surface area contributed by atoms with Crippen LogP contribution in [0.1, 0.15) is 0 Å². The zero-order valence-electron chi connectivity index (χ0n) is 14.0. The molecule has 0 aliphatic carbocycles. The van der Waals surface area contributed by atoms with Gasteiger partial charge in [-0.05, 0) is 27.8 Å². The van der Waals surface area contributed by atoms with Crippen molar-refractivity contribution in [1.29, 1.82) is 0 Å². The van der Waals surface area contributed by atoms with Crippen molar-refractivity contribution in [3.8, 4) is 11.1 Å². The summed E-state index contributed by atoms with van der Waals surface area (Å²) in [5.41, 5.74) is 2.43. The van der Waals surface area contributed by atoms with Crippen LogP contribution >= 0.6 is 15.9 Å². The second-order valence-corrected chi connectivity index (χ2v) is 8.83. The molecule has 0 spiro atoms. The molecule has 0 aromatic heterocycles. The summed E-state index contributed by atoms with van der Waals surface area (Å²) in [6.45, 7) is 0. The van der Waals surface area contributed by atoms with Crippen molar-refractivity contribution in [3.05, 3.63) is 77.3 Å². The van der Waals surface area contributed by atoms with Crippen molar-refractivity contribution in [3.63, 3.8) is 0 Å². The third-order valence-electron chi connectivity index (χ3n) is 4.36. The van der Waals surface area contributed by atoms with Crippen molar-refractivity contribution < 1.29 is 8.42 Å². The van der Waals surface area contributed by atoms with Crippen molar-refractivity contribution in [1.82, 2.24) is 0 Å². The Morgan fingerprint density at radius 1 is 0.769 bits per heavy atom. The Bertz CT molecular complexity index is 1240. The van der Waals surface area contributed by atoms with Crippen LogP contribution in [-0.4, -0.2) is 14.7 Å². The number of anilines is 1. The molecule has 3 nitrogen and oxygen atoms in total. The summed E-state index contributed by atoms with van der Waals surface area (Å²) in [5, 5.41) is 4.01. The van der Waals surface area contributed by atoms with Gasteiger partial charge in [0, 0.05) is 15.4 Å². The number of sulfonamides is 1. The van der Waals surface area contributed by atoms with Gasteiger partial charge in [0.25, 0.3) is 0 Å². The first-order valence-electron chi connectivity index (χ1n) is 8.11. The Labute approximate surface area is 160 Å². The lowest BCUT2D eigenvalue weighted by Gasteiger charge is -2.17. The summed E-state index contributed by atoms with van der Waals surface area (Å²) in [5.74, 6) is 0. The highest BCUT2D eigenvalue weighted by Crippen LogP contribution is 2.41. The summed E-state index contributed by atoms with van der Waals surface area (Å²) in [4.78, 5) is 0. The maximum atomic E-state index is 12.1. The molecule has 0 bridgehead atoms. The predicted molar refractivity (Wildman–Crippen MR) is 113 cm³/mol. The quantitative estimate of drug-likeness (QED) is 0.451. The molecule has 4 aromatic rings. The van der Waals surface area contributed by atoms with E-state index in [-0.39, 0.29) is 0 Å². The number of benzene rings is 4. The Balaban J connectivity index is 2.13. The van der Waals surface area contributed by atoms with E-state index in [9.17, 15) is 8.42 Å². The lowest BCUT2D eigenvalue weighted by molar-refractivity contribution is 0.607. The third-order valence-corrected chi connectivity index (χ3v) is 5.59. The molecular formula is C21H16BrNO2S. The summed E-state index contributed by atoms with van der Waals surface area (Å²) >= 11 is 3.65. The van der Waals surface area contributed by atoms with Crippen LogP contribution in [0, 0.1) is 0 Å². The van der Waals surface area contributed by atoms with E-state index in [1.807, 2.05) is 54.6 Å². The molecule has 0 radical (unpaired) electrons. The van der Waals surface area contributed by atoms with Gasteiger partial charge in [-0.1, -0.05) is 82.7 Å². The zero-order valence-corrected chi connectivity index (χ0v) is 16.4. The Morgan fingerprint density at radius 3 is 2.12 bits per heavy atom. The second-order valence-electron chi connectivity index (χ2n) is 6.23. The molecule has 0 unspecified atom stereocenters. The van der Waals surface area contributed by atoms with Gasteiger partial charge in [-0.25, -0.2) is 8.42 Å². The van der Waals surface area contributed by atoms with E-state index in [1.54, 1.807) is 0 Å². The van der Waals surface area contributed by atoms with Crippen LogP contribution < -0.4 is 4.72 Å². The summed E-state index contributed by atoms with van der Waals surface area (Å²) < 4.78 is 27.8. The highest BCUT2D eigenvalue weighted by atomic mass is 79.9. The van der Waals surface area contributed by atoms with Crippen LogP contribution in [0.25, 0.3) is 32.7 Å². The lowest BCUT2D eigenvalue weighted by Crippen LogP contribution is -2.11. The number of hydrogen-bond acceptors (Lipinski definition) is 2. The van der Waals surface area contributed by atoms with E-state index >= 15 is 0 Å². The maximum Gasteiger partial charge on any atom is 0.229 e. The van der Waals surface area contributed by atoms with Crippen molar-refractivity contribution in [2.75, 3.05) is 11.0 Å². The normalized spacial score (nSPS) is 11.8. The average molecular weight is 426 g/mol. The van der Waals surface area contributed by atoms with Crippen LogP contribution in [-0.2, 0) is 10.0 Å². The van der Waals surface area contributed by atoms with Crippen LogP contribution in [0.15, 0.2) is 77.3 Å². The molecule has 26 heavy (non-hydrogen) atoms. The molecule has 0 amide bonds. The number of hydrogen-bond donors (Lipinski definition) is 1. The van der Waals surface area contributed by atoms with E-state index in [2.05, 4.69) is 38.9 Å². The second kappa shape index (κ2) is 6.41. The van der Waals surface area contributed by atoms with Gasteiger partial charge in [-0.2, -0.15) is 0 Å². The molecule has 4 aromatic carbocycles. The van der Waals surface area contributed by atoms with Crippen molar-refractivity contribution in [2.45, 2.75) is 0 Å². The van der Waals surface area contributed by atoms with Gasteiger partial charge < -0.3 is 0 Å². The van der Waals surface area contributed by atoms with Crippen molar-refractivity contribution in [2.24, 2.45) is 0 Å². The van der Waals surface area contributed by atoms with E-state index in [1.165, 1.54) is 6.26 Å². The number of rotatable bonds is 3. The SMILES string of the molecule is CS(=O)(=O)Nc1c(-c2cccc3ccccc23)cc(Br)c2ccccc12. The first-order chi connectivity index (χ1) is 12.4. The topological polar surface area (TPSA) is 46.2 Å². The third kappa shape index (κ3) is 3.08. The maximum absolute atomic E-state index is 12.1. The largest absolute Gasteiger partial charge is 0.283 e. The Kier molecular flexibility index (Phi) is 4.21. The number of fused-ring (bicyclic) bond motifs is 2. The van der Waals surface area contributed by atoms with Gasteiger partial charge in [0.15, 0.2) is 0 Å². The summed E-state index contributed by atoms with van der Waals surface area (Å²) in [7, 11) is -3.43. The molecule has 0 aliphatic heterocycles. The summed E-state index contributed by atoms with van der Waals surface area (Å²) in [6.07, 6.45) is 1.18. The predicted octanol–water partition coefficient (Wildman–Crippen LogP) is 5.79. The fraction of sp³-hybridized carbons (Fsp3) is 0.0476. The minimum Gasteiger partial charge on any atom is -0.283 e. The first-order valence-corrected chi connectivity index (χ1v) is 10.8. The Morgan fingerprint density at radius 2 is 1.38 bits per heavy atom. The van der Waals surface area contributed by atoms with Crippen molar-refractivity contribution >= 4 is 53.2 Å². The smallest absolute Gasteiger partial charge is 0.229 e. The van der Waals surface area contributed by atoms with Gasteiger partial charge in [0.2, 0.25) is 10.0 Å². The van der Waals surface area contributed by atoms with Gasteiger partial charge in [0.05, 0.1) is 11.9 Å². The molecular weight excluding hydrogens is 410 g/mol. The fourth-order valence-electron chi connectivity index (χ4n) is 3.30. The highest BCUT2D eigenvalue weighted by Gasteiger charge is 2.17. The lowest BCUT2D eigenvalue weighted by atomic mass is 9.94. The fourth-order valence-corrected chi connectivity index (χ4v) is 4.46. The molecule has 1 N–H and O–H groups in total. The molecule has 0 aliphatic rings. The van der Waals surface area contributed by atoms with Crippen LogP contribution in [0.2, 0.25) is 0 Å². The minimum absolute atomic E-state index is 0.600. The zero-order chi connectivity index (χ0) is 18.3. The molecule has 5 heteroatoms. The minimum atomic E-state index is -3.43. The van der Waals surface area contributed by atoms with E-state index in [0.717, 1.165) is 37.1 Å². The van der Waals surface area contributed by atoms with Gasteiger partial charge in [-0.15, -0.1) is 0 Å². The summed E-state index contributed by atoms with van der Waals surface area (Å²) in [6, 6.07) is 23.9. The molecule has 0 saturated heterocycles.